The lowest BCUT2D eigenvalue weighted by Gasteiger charge is -2.24. The van der Waals surface area contributed by atoms with Gasteiger partial charge in [0, 0.05) is 5.02 Å². The Labute approximate surface area is 165 Å². The molecule has 5 heteroatoms. The molecule has 2 heterocycles. The topological polar surface area (TPSA) is 51.4 Å². The maximum Gasteiger partial charge on any atom is 0.338 e. The summed E-state index contributed by atoms with van der Waals surface area (Å²) >= 11 is 5.92. The molecule has 27 heavy (non-hydrogen) atoms. The van der Waals surface area contributed by atoms with Gasteiger partial charge in [0.1, 0.15) is 11.7 Å². The van der Waals surface area contributed by atoms with Gasteiger partial charge < -0.3 is 14.2 Å². The molecule has 1 aromatic rings. The molecular weight excluding hydrogens is 364 g/mol. The molecule has 0 amide bonds. The number of hydrogen-bond acceptors (Lipinski definition) is 4. The van der Waals surface area contributed by atoms with Crippen molar-refractivity contribution in [1.82, 2.24) is 0 Å². The summed E-state index contributed by atoms with van der Waals surface area (Å²) in [7, 11) is 0. The minimum atomic E-state index is -0.484. The number of allylic oxidation sites excluding steroid dienone is 2. The summed E-state index contributed by atoms with van der Waals surface area (Å²) in [6.07, 6.45) is 4.83. The van der Waals surface area contributed by atoms with Gasteiger partial charge in [0.05, 0.1) is 17.8 Å². The van der Waals surface area contributed by atoms with E-state index in [9.17, 15) is 4.79 Å². The van der Waals surface area contributed by atoms with Crippen LogP contribution < -0.4 is 0 Å². The molecule has 0 spiro atoms. The summed E-state index contributed by atoms with van der Waals surface area (Å²) in [5, 5.41) is 0.592. The van der Waals surface area contributed by atoms with Crippen LogP contribution in [0.15, 0.2) is 35.9 Å². The molecule has 3 aliphatic rings. The van der Waals surface area contributed by atoms with Crippen molar-refractivity contribution in [1.29, 1.82) is 0 Å². The van der Waals surface area contributed by atoms with Gasteiger partial charge in [-0.05, 0) is 62.8 Å². The molecule has 2 saturated heterocycles. The number of benzene rings is 1. The summed E-state index contributed by atoms with van der Waals surface area (Å²) in [5.41, 5.74) is 1.38. The number of halogens is 1. The summed E-state index contributed by atoms with van der Waals surface area (Å²) in [4.78, 5) is 12.7. The molecule has 2 aliphatic heterocycles. The average molecular weight is 391 g/mol. The van der Waals surface area contributed by atoms with Crippen molar-refractivity contribution in [2.75, 3.05) is 0 Å². The molecule has 5 atom stereocenters. The number of hydrogen-bond donors (Lipinski definition) is 0. The van der Waals surface area contributed by atoms with Crippen molar-refractivity contribution in [3.8, 4) is 0 Å². The van der Waals surface area contributed by atoms with E-state index in [0.29, 0.717) is 10.6 Å². The van der Waals surface area contributed by atoms with Crippen LogP contribution in [0.3, 0.4) is 0 Å². The van der Waals surface area contributed by atoms with Gasteiger partial charge in [-0.1, -0.05) is 37.1 Å². The van der Waals surface area contributed by atoms with Crippen LogP contribution in [-0.4, -0.2) is 36.0 Å². The second kappa shape index (κ2) is 6.61. The van der Waals surface area contributed by atoms with Crippen LogP contribution in [0.5, 0.6) is 0 Å². The predicted molar refractivity (Wildman–Crippen MR) is 104 cm³/mol. The average Bonchev–Trinajstić information content (AvgIpc) is 3.52. The highest BCUT2D eigenvalue weighted by Crippen LogP contribution is 2.53. The highest BCUT2D eigenvalue weighted by Gasteiger charge is 2.68. The number of ether oxygens (including phenoxy) is 3. The monoisotopic (exact) mass is 390 g/mol. The van der Waals surface area contributed by atoms with Crippen LogP contribution in [0.2, 0.25) is 5.02 Å². The zero-order chi connectivity index (χ0) is 19.4. The van der Waals surface area contributed by atoms with E-state index in [1.165, 1.54) is 5.57 Å². The molecular formula is C22H27ClO4. The standard InChI is InChI=1S/C22H27ClO4/c1-13-5-10-16-22(4,27-16)19(17-18(25-17)21(2,3)12-11-13)26-20(24)14-6-8-15(23)9-7-14/h6-9,11,16-19H,5,10,12H2,1-4H3/b13-11+/t16-,17+,18-,19+,22-/m1/s1. The Morgan fingerprint density at radius 2 is 1.93 bits per heavy atom. The zero-order valence-corrected chi connectivity index (χ0v) is 17.1. The quantitative estimate of drug-likeness (QED) is 0.407. The van der Waals surface area contributed by atoms with Crippen LogP contribution in [0.1, 0.15) is 57.3 Å². The summed E-state index contributed by atoms with van der Waals surface area (Å²) < 4.78 is 18.1. The fraction of sp³-hybridized carbons (Fsp3) is 0.591. The van der Waals surface area contributed by atoms with Crippen molar-refractivity contribution in [2.24, 2.45) is 5.41 Å². The highest BCUT2D eigenvalue weighted by molar-refractivity contribution is 6.30. The minimum absolute atomic E-state index is 0.0120. The second-order valence-electron chi connectivity index (χ2n) is 8.93. The molecule has 0 unspecified atom stereocenters. The molecule has 0 bridgehead atoms. The lowest BCUT2D eigenvalue weighted by molar-refractivity contribution is -0.00182. The first-order valence-corrected chi connectivity index (χ1v) is 10.0. The fourth-order valence-electron chi connectivity index (χ4n) is 4.15. The van der Waals surface area contributed by atoms with Gasteiger partial charge >= 0.3 is 5.97 Å². The smallest absolute Gasteiger partial charge is 0.338 e. The van der Waals surface area contributed by atoms with Crippen molar-refractivity contribution >= 4 is 17.6 Å². The Bertz CT molecular complexity index is 769. The van der Waals surface area contributed by atoms with E-state index in [4.69, 9.17) is 25.8 Å². The Balaban J connectivity index is 1.57. The van der Waals surface area contributed by atoms with Crippen molar-refractivity contribution < 1.29 is 19.0 Å². The van der Waals surface area contributed by atoms with Gasteiger partial charge in [-0.3, -0.25) is 0 Å². The Morgan fingerprint density at radius 3 is 2.63 bits per heavy atom. The van der Waals surface area contributed by atoms with E-state index in [2.05, 4.69) is 26.8 Å². The SMILES string of the molecule is C/C1=C\CC(C)(C)[C@@H]2O[C@@H]2[C@H](OC(=O)c2ccc(Cl)cc2)[C@]2(C)O[C@@H]2CC1. The highest BCUT2D eigenvalue weighted by atomic mass is 35.5. The lowest BCUT2D eigenvalue weighted by atomic mass is 9.81. The minimum Gasteiger partial charge on any atom is -0.453 e. The van der Waals surface area contributed by atoms with E-state index in [1.807, 2.05) is 6.92 Å². The van der Waals surface area contributed by atoms with E-state index in [1.54, 1.807) is 24.3 Å². The number of esters is 1. The van der Waals surface area contributed by atoms with E-state index < -0.39 is 11.7 Å². The summed E-state index contributed by atoms with van der Waals surface area (Å²) in [6.45, 7) is 8.65. The maximum absolute atomic E-state index is 12.7. The van der Waals surface area contributed by atoms with Crippen molar-refractivity contribution in [3.63, 3.8) is 0 Å². The van der Waals surface area contributed by atoms with Gasteiger partial charge in [-0.2, -0.15) is 0 Å². The van der Waals surface area contributed by atoms with Gasteiger partial charge in [-0.15, -0.1) is 0 Å². The van der Waals surface area contributed by atoms with Crippen LogP contribution in [0.25, 0.3) is 0 Å². The number of carbonyl (C=O) groups is 1. The van der Waals surface area contributed by atoms with Gasteiger partial charge in [0.25, 0.3) is 0 Å². The number of fused-ring (bicyclic) bond motifs is 2. The van der Waals surface area contributed by atoms with Gasteiger partial charge in [0.2, 0.25) is 0 Å². The molecule has 146 valence electrons. The van der Waals surface area contributed by atoms with Crippen LogP contribution >= 0.6 is 11.6 Å². The summed E-state index contributed by atoms with van der Waals surface area (Å²) in [6, 6.07) is 6.77. The molecule has 4 nitrogen and oxygen atoms in total. The summed E-state index contributed by atoms with van der Waals surface area (Å²) in [5.74, 6) is -0.358. The Morgan fingerprint density at radius 1 is 1.22 bits per heavy atom. The maximum atomic E-state index is 12.7. The number of epoxide rings is 2. The second-order valence-corrected chi connectivity index (χ2v) is 9.36. The molecule has 1 aromatic carbocycles. The third-order valence-electron chi connectivity index (χ3n) is 6.23. The van der Waals surface area contributed by atoms with Gasteiger partial charge in [-0.25, -0.2) is 4.79 Å². The normalized spacial score (nSPS) is 39.1. The number of rotatable bonds is 2. The van der Waals surface area contributed by atoms with Crippen LogP contribution in [-0.2, 0) is 14.2 Å². The largest absolute Gasteiger partial charge is 0.453 e. The molecule has 4 rings (SSSR count). The first kappa shape index (κ1) is 19.0. The lowest BCUT2D eigenvalue weighted by Crippen LogP contribution is -2.41. The van der Waals surface area contributed by atoms with Gasteiger partial charge in [0.15, 0.2) is 6.10 Å². The molecule has 0 N–H and O–H groups in total. The van der Waals surface area contributed by atoms with E-state index in [0.717, 1.165) is 19.3 Å². The first-order valence-electron chi connectivity index (χ1n) is 9.66. The van der Waals surface area contributed by atoms with Crippen LogP contribution in [0.4, 0.5) is 0 Å². The molecule has 0 aromatic heterocycles. The van der Waals surface area contributed by atoms with E-state index in [-0.39, 0.29) is 29.7 Å². The van der Waals surface area contributed by atoms with Crippen molar-refractivity contribution in [3.05, 3.63) is 46.5 Å². The van der Waals surface area contributed by atoms with Crippen LogP contribution in [0, 0.1) is 5.41 Å². The third kappa shape index (κ3) is 3.67. The zero-order valence-electron chi connectivity index (χ0n) is 16.3. The first-order chi connectivity index (χ1) is 12.7. The Kier molecular flexibility index (Phi) is 4.65. The molecule has 2 fully saturated rings. The predicted octanol–water partition coefficient (Wildman–Crippen LogP) is 4.95. The molecule has 0 saturated carbocycles. The fourth-order valence-corrected chi connectivity index (χ4v) is 4.27. The Hall–Kier alpha value is -1.36. The third-order valence-corrected chi connectivity index (χ3v) is 6.48. The van der Waals surface area contributed by atoms with E-state index >= 15 is 0 Å². The van der Waals surface area contributed by atoms with Crippen molar-refractivity contribution in [2.45, 2.75) is 77.0 Å². The molecule has 1 aliphatic carbocycles. The number of carbonyl (C=O) groups excluding carboxylic acids is 1. The molecule has 0 radical (unpaired) electrons.